The molecule has 7 heteroatoms. The fourth-order valence-electron chi connectivity index (χ4n) is 1.51. The average Bonchev–Trinajstić information content (AvgIpc) is 2.38. The van der Waals surface area contributed by atoms with Crippen molar-refractivity contribution in [2.24, 2.45) is 0 Å². The molecule has 1 aromatic carbocycles. The summed E-state index contributed by atoms with van der Waals surface area (Å²) in [5.74, 6) is 0.392. The summed E-state index contributed by atoms with van der Waals surface area (Å²) in [4.78, 5) is 8.04. The van der Waals surface area contributed by atoms with Gasteiger partial charge in [-0.25, -0.2) is 9.37 Å². The molecule has 0 fully saturated rings. The topological polar surface area (TPSA) is 73.1 Å². The molecule has 0 bridgehead atoms. The Morgan fingerprint density at radius 2 is 2.10 bits per heavy atom. The molecule has 0 aliphatic heterocycles. The van der Waals surface area contributed by atoms with Gasteiger partial charge in [-0.2, -0.15) is 4.98 Å². The number of nitrogens with one attached hydrogen (secondary N) is 1. The lowest BCUT2D eigenvalue weighted by Gasteiger charge is -2.13. The predicted octanol–water partition coefficient (Wildman–Crippen LogP) is 3.49. The zero-order valence-electron chi connectivity index (χ0n) is 11.0. The van der Waals surface area contributed by atoms with Crippen molar-refractivity contribution in [1.29, 1.82) is 0 Å². The fraction of sp³-hybridized carbons (Fsp3) is 0.231. The highest BCUT2D eigenvalue weighted by atomic mass is 79.9. The second-order valence-electron chi connectivity index (χ2n) is 4.36. The highest BCUT2D eigenvalue weighted by Crippen LogP contribution is 2.29. The van der Waals surface area contributed by atoms with E-state index in [1.165, 1.54) is 12.4 Å². The van der Waals surface area contributed by atoms with Gasteiger partial charge in [0.1, 0.15) is 17.8 Å². The van der Waals surface area contributed by atoms with Crippen LogP contribution in [0.25, 0.3) is 0 Å². The number of hydrogen-bond donors (Lipinski definition) is 2. The first kappa shape index (κ1) is 14.5. The summed E-state index contributed by atoms with van der Waals surface area (Å²) in [6.07, 6.45) is 1.31. The fourth-order valence-corrected chi connectivity index (χ4v) is 1.89. The molecular formula is C13H14BrFN4O. The van der Waals surface area contributed by atoms with Gasteiger partial charge in [0, 0.05) is 5.69 Å². The van der Waals surface area contributed by atoms with E-state index in [9.17, 15) is 4.39 Å². The van der Waals surface area contributed by atoms with Gasteiger partial charge < -0.3 is 15.8 Å². The van der Waals surface area contributed by atoms with Crippen LogP contribution in [0.15, 0.2) is 29.0 Å². The van der Waals surface area contributed by atoms with E-state index in [4.69, 9.17) is 10.5 Å². The molecule has 20 heavy (non-hydrogen) atoms. The van der Waals surface area contributed by atoms with Gasteiger partial charge in [0.05, 0.1) is 10.6 Å². The van der Waals surface area contributed by atoms with Crippen molar-refractivity contribution >= 4 is 33.1 Å². The van der Waals surface area contributed by atoms with Gasteiger partial charge in [0.15, 0.2) is 5.82 Å². The first-order chi connectivity index (χ1) is 9.47. The standard InChI is InChI=1S/C13H14BrFN4O/c1-7(2)20-13-11(16)12(17-6-18-13)19-8-3-4-10(15)9(14)5-8/h3-7H,16H2,1-2H3,(H,17,18,19). The molecule has 0 spiro atoms. The van der Waals surface area contributed by atoms with Crippen LogP contribution < -0.4 is 15.8 Å². The van der Waals surface area contributed by atoms with E-state index in [1.54, 1.807) is 12.1 Å². The van der Waals surface area contributed by atoms with Crippen molar-refractivity contribution in [2.75, 3.05) is 11.1 Å². The smallest absolute Gasteiger partial charge is 0.242 e. The van der Waals surface area contributed by atoms with Crippen LogP contribution in [0.5, 0.6) is 5.88 Å². The maximum absolute atomic E-state index is 13.2. The molecule has 2 rings (SSSR count). The summed E-state index contributed by atoms with van der Waals surface area (Å²) in [7, 11) is 0. The SMILES string of the molecule is CC(C)Oc1ncnc(Nc2ccc(F)c(Br)c2)c1N. The third-order valence-corrected chi connectivity index (χ3v) is 2.98. The van der Waals surface area contributed by atoms with E-state index in [2.05, 4.69) is 31.2 Å². The van der Waals surface area contributed by atoms with Crippen molar-refractivity contribution in [1.82, 2.24) is 9.97 Å². The number of benzene rings is 1. The summed E-state index contributed by atoms with van der Waals surface area (Å²) in [6, 6.07) is 4.53. The molecule has 2 aromatic rings. The number of rotatable bonds is 4. The maximum atomic E-state index is 13.2. The van der Waals surface area contributed by atoms with Gasteiger partial charge in [-0.1, -0.05) is 0 Å². The summed E-state index contributed by atoms with van der Waals surface area (Å²) in [5.41, 5.74) is 6.91. The molecule has 0 atom stereocenters. The van der Waals surface area contributed by atoms with Crippen molar-refractivity contribution < 1.29 is 9.13 Å². The minimum Gasteiger partial charge on any atom is -0.473 e. The van der Waals surface area contributed by atoms with Crippen molar-refractivity contribution in [3.63, 3.8) is 0 Å². The highest BCUT2D eigenvalue weighted by molar-refractivity contribution is 9.10. The van der Waals surface area contributed by atoms with E-state index < -0.39 is 0 Å². The number of halogens is 2. The van der Waals surface area contributed by atoms with E-state index in [1.807, 2.05) is 13.8 Å². The molecule has 0 aliphatic rings. The van der Waals surface area contributed by atoms with Gasteiger partial charge in [0.2, 0.25) is 5.88 Å². The molecule has 0 saturated heterocycles. The van der Waals surface area contributed by atoms with Crippen LogP contribution in [-0.4, -0.2) is 16.1 Å². The van der Waals surface area contributed by atoms with Gasteiger partial charge in [0.25, 0.3) is 0 Å². The Hall–Kier alpha value is -1.89. The van der Waals surface area contributed by atoms with E-state index in [0.717, 1.165) is 0 Å². The minimum absolute atomic E-state index is 0.0417. The molecule has 0 amide bonds. The van der Waals surface area contributed by atoms with Gasteiger partial charge in [-0.05, 0) is 48.0 Å². The lowest BCUT2D eigenvalue weighted by Crippen LogP contribution is -2.10. The molecule has 106 valence electrons. The number of aromatic nitrogens is 2. The minimum atomic E-state index is -0.338. The highest BCUT2D eigenvalue weighted by Gasteiger charge is 2.11. The van der Waals surface area contributed by atoms with Crippen molar-refractivity contribution in [2.45, 2.75) is 20.0 Å². The van der Waals surface area contributed by atoms with Crippen LogP contribution in [0.4, 0.5) is 21.6 Å². The molecule has 0 saturated carbocycles. The first-order valence-electron chi connectivity index (χ1n) is 5.96. The van der Waals surface area contributed by atoms with Crippen molar-refractivity contribution in [3.8, 4) is 5.88 Å². The second kappa shape index (κ2) is 6.04. The van der Waals surface area contributed by atoms with Crippen LogP contribution in [0.3, 0.4) is 0 Å². The molecular weight excluding hydrogens is 327 g/mol. The van der Waals surface area contributed by atoms with Crippen LogP contribution in [0.2, 0.25) is 0 Å². The van der Waals surface area contributed by atoms with Crippen LogP contribution in [0, 0.1) is 5.82 Å². The van der Waals surface area contributed by atoms with E-state index in [0.29, 0.717) is 27.5 Å². The molecule has 0 unspecified atom stereocenters. The van der Waals surface area contributed by atoms with Crippen LogP contribution in [-0.2, 0) is 0 Å². The third-order valence-electron chi connectivity index (χ3n) is 2.38. The summed E-state index contributed by atoms with van der Waals surface area (Å²) in [5, 5.41) is 3.00. The summed E-state index contributed by atoms with van der Waals surface area (Å²) >= 11 is 3.12. The number of anilines is 3. The Kier molecular flexibility index (Phi) is 4.39. The second-order valence-corrected chi connectivity index (χ2v) is 5.22. The molecule has 3 N–H and O–H groups in total. The van der Waals surface area contributed by atoms with Gasteiger partial charge in [-0.3, -0.25) is 0 Å². The quantitative estimate of drug-likeness (QED) is 0.891. The Morgan fingerprint density at radius 1 is 1.35 bits per heavy atom. The third kappa shape index (κ3) is 3.36. The Labute approximate surface area is 124 Å². The first-order valence-corrected chi connectivity index (χ1v) is 6.76. The zero-order chi connectivity index (χ0) is 14.7. The molecule has 1 heterocycles. The Morgan fingerprint density at radius 3 is 2.75 bits per heavy atom. The largest absolute Gasteiger partial charge is 0.473 e. The molecule has 5 nitrogen and oxygen atoms in total. The Balaban J connectivity index is 2.27. The normalized spacial score (nSPS) is 10.7. The lowest BCUT2D eigenvalue weighted by molar-refractivity contribution is 0.234. The average molecular weight is 341 g/mol. The number of nitrogen functional groups attached to an aromatic ring is 1. The van der Waals surface area contributed by atoms with Crippen LogP contribution in [0.1, 0.15) is 13.8 Å². The number of nitrogens with zero attached hydrogens (tertiary/aromatic N) is 2. The van der Waals surface area contributed by atoms with E-state index in [-0.39, 0.29) is 11.9 Å². The zero-order valence-corrected chi connectivity index (χ0v) is 12.6. The number of nitrogens with two attached hydrogens (primary N) is 1. The Bertz CT molecular complexity index is 621. The molecule has 0 aliphatic carbocycles. The number of hydrogen-bond acceptors (Lipinski definition) is 5. The monoisotopic (exact) mass is 340 g/mol. The van der Waals surface area contributed by atoms with Gasteiger partial charge >= 0.3 is 0 Å². The van der Waals surface area contributed by atoms with Gasteiger partial charge in [-0.15, -0.1) is 0 Å². The van der Waals surface area contributed by atoms with Crippen LogP contribution >= 0.6 is 15.9 Å². The lowest BCUT2D eigenvalue weighted by atomic mass is 10.3. The van der Waals surface area contributed by atoms with E-state index >= 15 is 0 Å². The molecule has 0 radical (unpaired) electrons. The summed E-state index contributed by atoms with van der Waals surface area (Å²) < 4.78 is 19.0. The summed E-state index contributed by atoms with van der Waals surface area (Å²) in [6.45, 7) is 3.76. The number of ether oxygens (including phenoxy) is 1. The predicted molar refractivity (Wildman–Crippen MR) is 79.6 cm³/mol. The maximum Gasteiger partial charge on any atom is 0.242 e. The molecule has 1 aromatic heterocycles. The van der Waals surface area contributed by atoms with Crippen molar-refractivity contribution in [3.05, 3.63) is 34.8 Å².